The number of hydrogen-bond donors (Lipinski definition) is 1. The van der Waals surface area contributed by atoms with E-state index in [0.29, 0.717) is 37.2 Å². The Labute approximate surface area is 167 Å². The lowest BCUT2D eigenvalue weighted by Crippen LogP contribution is -2.47. The normalized spacial score (nSPS) is 17.3. The van der Waals surface area contributed by atoms with E-state index in [2.05, 4.69) is 9.97 Å². The van der Waals surface area contributed by atoms with Gasteiger partial charge in [0.05, 0.1) is 13.2 Å². The smallest absolute Gasteiger partial charge is 0.246 e. The molecule has 0 aliphatic carbocycles. The summed E-state index contributed by atoms with van der Waals surface area (Å²) in [5.41, 5.74) is 2.04. The molecule has 28 heavy (non-hydrogen) atoms. The van der Waals surface area contributed by atoms with Gasteiger partial charge >= 0.3 is 0 Å². The van der Waals surface area contributed by atoms with E-state index < -0.39 is 0 Å². The summed E-state index contributed by atoms with van der Waals surface area (Å²) < 4.78 is 11.4. The van der Waals surface area contributed by atoms with Crippen LogP contribution < -0.4 is 4.74 Å². The molecular formula is C21H20ClN3O3. The number of para-hydroxylation sites is 1. The number of amides is 1. The number of nitrogens with one attached hydrogen (secondary N) is 1. The number of halogens is 1. The first-order valence-corrected chi connectivity index (χ1v) is 9.46. The summed E-state index contributed by atoms with van der Waals surface area (Å²) in [7, 11) is 0. The van der Waals surface area contributed by atoms with Crippen LogP contribution in [0.25, 0.3) is 17.0 Å². The second-order valence-electron chi connectivity index (χ2n) is 6.50. The molecule has 7 heteroatoms. The lowest BCUT2D eigenvalue weighted by atomic mass is 10.1. The van der Waals surface area contributed by atoms with Crippen molar-refractivity contribution < 1.29 is 14.3 Å². The van der Waals surface area contributed by atoms with Gasteiger partial charge < -0.3 is 19.4 Å². The number of carbonyl (C=O) groups is 1. The van der Waals surface area contributed by atoms with Gasteiger partial charge in [0.25, 0.3) is 0 Å². The van der Waals surface area contributed by atoms with Gasteiger partial charge in [0, 0.05) is 35.9 Å². The third kappa shape index (κ3) is 4.18. The molecule has 1 amide bonds. The number of benzene rings is 1. The number of ether oxygens (including phenoxy) is 2. The summed E-state index contributed by atoms with van der Waals surface area (Å²) in [6.07, 6.45) is 6.75. The molecule has 0 spiro atoms. The first kappa shape index (κ1) is 18.5. The van der Waals surface area contributed by atoms with Crippen molar-refractivity contribution in [3.05, 3.63) is 65.6 Å². The number of fused-ring (bicyclic) bond motifs is 1. The number of rotatable bonds is 5. The van der Waals surface area contributed by atoms with E-state index >= 15 is 0 Å². The van der Waals surface area contributed by atoms with Crippen LogP contribution >= 0.6 is 11.6 Å². The average Bonchev–Trinajstić information content (AvgIpc) is 3.15. The van der Waals surface area contributed by atoms with Crippen molar-refractivity contribution in [1.29, 1.82) is 0 Å². The van der Waals surface area contributed by atoms with Crippen LogP contribution in [0.5, 0.6) is 5.75 Å². The van der Waals surface area contributed by atoms with Gasteiger partial charge in [0.1, 0.15) is 12.7 Å². The van der Waals surface area contributed by atoms with E-state index in [-0.39, 0.29) is 12.0 Å². The second-order valence-corrected chi connectivity index (χ2v) is 6.86. The third-order valence-electron chi connectivity index (χ3n) is 4.63. The Bertz CT molecular complexity index is 1000. The Hall–Kier alpha value is -2.83. The van der Waals surface area contributed by atoms with Crippen molar-refractivity contribution in [3.63, 3.8) is 0 Å². The maximum absolute atomic E-state index is 12.6. The zero-order valence-corrected chi connectivity index (χ0v) is 15.9. The Morgan fingerprint density at radius 2 is 2.25 bits per heavy atom. The Balaban J connectivity index is 1.36. The third-order valence-corrected chi connectivity index (χ3v) is 4.91. The van der Waals surface area contributed by atoms with Crippen molar-refractivity contribution in [2.75, 3.05) is 26.3 Å². The van der Waals surface area contributed by atoms with Crippen LogP contribution in [0, 0.1) is 0 Å². The zero-order chi connectivity index (χ0) is 19.3. The molecule has 3 aromatic rings. The van der Waals surface area contributed by atoms with Crippen molar-refractivity contribution in [2.45, 2.75) is 6.10 Å². The van der Waals surface area contributed by atoms with Crippen molar-refractivity contribution >= 4 is 34.5 Å². The number of carbonyl (C=O) groups excluding carboxylic acids is 1. The number of H-pyrrole nitrogens is 1. The molecule has 1 fully saturated rings. The van der Waals surface area contributed by atoms with Gasteiger partial charge in [-0.3, -0.25) is 4.79 Å². The standard InChI is InChI=1S/C21H20ClN3O3/c22-21-19(6-3-9-23-21)28-14-16-13-25(10-11-27-16)20(26)8-7-15-12-24-18-5-2-1-4-17(15)18/h1-9,12,16,24H,10-11,13-14H2/b8-7+. The molecule has 1 aliphatic rings. The van der Waals surface area contributed by atoms with E-state index in [1.807, 2.05) is 36.5 Å². The van der Waals surface area contributed by atoms with E-state index in [9.17, 15) is 4.79 Å². The fourth-order valence-corrected chi connectivity index (χ4v) is 3.35. The number of aromatic nitrogens is 2. The summed E-state index contributed by atoms with van der Waals surface area (Å²) in [4.78, 5) is 21.6. The highest BCUT2D eigenvalue weighted by molar-refractivity contribution is 6.30. The molecule has 144 valence electrons. The van der Waals surface area contributed by atoms with Gasteiger partial charge in [-0.1, -0.05) is 29.8 Å². The molecule has 1 aromatic carbocycles. The summed E-state index contributed by atoms with van der Waals surface area (Å²) in [5.74, 6) is 0.466. The molecule has 1 unspecified atom stereocenters. The van der Waals surface area contributed by atoms with Gasteiger partial charge in [0.15, 0.2) is 10.9 Å². The van der Waals surface area contributed by atoms with Crippen LogP contribution in [-0.4, -0.2) is 53.2 Å². The monoisotopic (exact) mass is 397 g/mol. The molecule has 3 heterocycles. The molecule has 1 saturated heterocycles. The zero-order valence-electron chi connectivity index (χ0n) is 15.2. The highest BCUT2D eigenvalue weighted by Crippen LogP contribution is 2.21. The molecule has 2 aromatic heterocycles. The maximum Gasteiger partial charge on any atom is 0.246 e. The molecule has 1 atom stereocenters. The van der Waals surface area contributed by atoms with Crippen LogP contribution in [0.4, 0.5) is 0 Å². The highest BCUT2D eigenvalue weighted by atomic mass is 35.5. The quantitative estimate of drug-likeness (QED) is 0.528. The van der Waals surface area contributed by atoms with Crippen LogP contribution in [0.15, 0.2) is 54.9 Å². The lowest BCUT2D eigenvalue weighted by Gasteiger charge is -2.32. The van der Waals surface area contributed by atoms with Crippen molar-refractivity contribution in [2.24, 2.45) is 0 Å². The predicted molar refractivity (Wildman–Crippen MR) is 108 cm³/mol. The molecule has 0 bridgehead atoms. The van der Waals surface area contributed by atoms with Crippen LogP contribution in [0.3, 0.4) is 0 Å². The molecule has 6 nitrogen and oxygen atoms in total. The maximum atomic E-state index is 12.6. The Morgan fingerprint density at radius 3 is 3.14 bits per heavy atom. The minimum absolute atomic E-state index is 0.0435. The number of pyridine rings is 1. The molecule has 0 saturated carbocycles. The molecule has 1 aliphatic heterocycles. The number of hydrogen-bond acceptors (Lipinski definition) is 4. The van der Waals surface area contributed by atoms with Gasteiger partial charge in [-0.15, -0.1) is 0 Å². The second kappa shape index (κ2) is 8.46. The minimum atomic E-state index is -0.213. The summed E-state index contributed by atoms with van der Waals surface area (Å²) in [6.45, 7) is 1.80. The number of morpholine rings is 1. The molecule has 0 radical (unpaired) electrons. The highest BCUT2D eigenvalue weighted by Gasteiger charge is 2.24. The SMILES string of the molecule is O=C(/C=C/c1c[nH]c2ccccc12)N1CCOC(COc2cccnc2Cl)C1. The van der Waals surface area contributed by atoms with Crippen molar-refractivity contribution in [1.82, 2.24) is 14.9 Å². The van der Waals surface area contributed by atoms with Crippen molar-refractivity contribution in [3.8, 4) is 5.75 Å². The predicted octanol–water partition coefficient (Wildman–Crippen LogP) is 3.54. The van der Waals surface area contributed by atoms with Crippen LogP contribution in [0.1, 0.15) is 5.56 Å². The topological polar surface area (TPSA) is 67.5 Å². The molecule has 4 rings (SSSR count). The fourth-order valence-electron chi connectivity index (χ4n) is 3.18. The summed E-state index contributed by atoms with van der Waals surface area (Å²) in [6, 6.07) is 11.5. The Morgan fingerprint density at radius 1 is 1.36 bits per heavy atom. The largest absolute Gasteiger partial charge is 0.488 e. The van der Waals surface area contributed by atoms with E-state index in [1.54, 1.807) is 29.3 Å². The van der Waals surface area contributed by atoms with E-state index in [4.69, 9.17) is 21.1 Å². The number of nitrogens with zero attached hydrogens (tertiary/aromatic N) is 2. The van der Waals surface area contributed by atoms with Crippen LogP contribution in [-0.2, 0) is 9.53 Å². The van der Waals surface area contributed by atoms with Gasteiger partial charge in [-0.2, -0.15) is 0 Å². The van der Waals surface area contributed by atoms with Gasteiger partial charge in [-0.05, 0) is 29.8 Å². The first-order chi connectivity index (χ1) is 13.7. The van der Waals surface area contributed by atoms with E-state index in [1.165, 1.54) is 0 Å². The lowest BCUT2D eigenvalue weighted by molar-refractivity contribution is -0.134. The molecule has 1 N–H and O–H groups in total. The van der Waals surface area contributed by atoms with Crippen LogP contribution in [0.2, 0.25) is 5.15 Å². The average molecular weight is 398 g/mol. The minimum Gasteiger partial charge on any atom is -0.488 e. The fraction of sp³-hybridized carbons (Fsp3) is 0.238. The first-order valence-electron chi connectivity index (χ1n) is 9.09. The van der Waals surface area contributed by atoms with Gasteiger partial charge in [-0.25, -0.2) is 4.98 Å². The van der Waals surface area contributed by atoms with E-state index in [0.717, 1.165) is 16.5 Å². The summed E-state index contributed by atoms with van der Waals surface area (Å²) in [5, 5.41) is 1.40. The number of aromatic amines is 1. The molecular weight excluding hydrogens is 378 g/mol. The summed E-state index contributed by atoms with van der Waals surface area (Å²) >= 11 is 6.00. The van der Waals surface area contributed by atoms with Gasteiger partial charge in [0.2, 0.25) is 5.91 Å². The Kier molecular flexibility index (Phi) is 5.60.